The summed E-state index contributed by atoms with van der Waals surface area (Å²) in [5.74, 6) is 0.483. The van der Waals surface area contributed by atoms with Gasteiger partial charge in [-0.3, -0.25) is 4.68 Å². The van der Waals surface area contributed by atoms with Crippen molar-refractivity contribution in [2.45, 2.75) is 26.8 Å². The van der Waals surface area contributed by atoms with Crippen molar-refractivity contribution in [3.63, 3.8) is 0 Å². The smallest absolute Gasteiger partial charge is 0.214 e. The Balaban J connectivity index is 1.81. The number of anilines is 2. The van der Waals surface area contributed by atoms with Crippen LogP contribution in [0.5, 0.6) is 0 Å². The van der Waals surface area contributed by atoms with Gasteiger partial charge in [0.1, 0.15) is 5.82 Å². The van der Waals surface area contributed by atoms with Crippen LogP contribution in [-0.2, 0) is 6.54 Å². The van der Waals surface area contributed by atoms with Crippen LogP contribution in [0.4, 0.5) is 15.3 Å². The summed E-state index contributed by atoms with van der Waals surface area (Å²) in [6.45, 7) is 4.90. The maximum Gasteiger partial charge on any atom is 0.214 e. The lowest BCUT2D eigenvalue weighted by Gasteiger charge is -1.99. The zero-order valence-electron chi connectivity index (χ0n) is 12.2. The Labute approximate surface area is 131 Å². The molecule has 0 fully saturated rings. The monoisotopic (exact) mass is 318 g/mol. The summed E-state index contributed by atoms with van der Waals surface area (Å²) in [7, 11) is 0. The second kappa shape index (κ2) is 6.18. The van der Waals surface area contributed by atoms with Crippen molar-refractivity contribution in [3.05, 3.63) is 36.0 Å². The van der Waals surface area contributed by atoms with Gasteiger partial charge in [0.05, 0.1) is 11.3 Å². The molecule has 6 nitrogen and oxygen atoms in total. The highest BCUT2D eigenvalue weighted by Gasteiger charge is 2.13. The summed E-state index contributed by atoms with van der Waals surface area (Å²) in [5.41, 5.74) is 1.80. The number of aryl methyl sites for hydroxylation is 2. The summed E-state index contributed by atoms with van der Waals surface area (Å²) >= 11 is 1.20. The first-order chi connectivity index (χ1) is 10.7. The Morgan fingerprint density at radius 3 is 2.95 bits per heavy atom. The van der Waals surface area contributed by atoms with Gasteiger partial charge in [0, 0.05) is 24.3 Å². The third-order valence-electron chi connectivity index (χ3n) is 3.02. The van der Waals surface area contributed by atoms with Crippen LogP contribution in [-0.4, -0.2) is 24.1 Å². The van der Waals surface area contributed by atoms with Gasteiger partial charge in [0.25, 0.3) is 0 Å². The van der Waals surface area contributed by atoms with E-state index in [9.17, 15) is 4.39 Å². The molecule has 0 aliphatic heterocycles. The van der Waals surface area contributed by atoms with Crippen LogP contribution in [0.15, 0.2) is 24.4 Å². The van der Waals surface area contributed by atoms with Crippen LogP contribution in [0.1, 0.15) is 19.0 Å². The molecular formula is C14H15FN6S. The molecule has 0 aliphatic carbocycles. The molecule has 0 aliphatic rings. The molecule has 0 amide bonds. The summed E-state index contributed by atoms with van der Waals surface area (Å²) in [6, 6.07) is 4.56. The van der Waals surface area contributed by atoms with E-state index in [0.717, 1.165) is 24.2 Å². The molecule has 8 heteroatoms. The van der Waals surface area contributed by atoms with Crippen molar-refractivity contribution in [3.8, 4) is 11.4 Å². The van der Waals surface area contributed by atoms with Gasteiger partial charge in [-0.1, -0.05) is 13.0 Å². The predicted octanol–water partition coefficient (Wildman–Crippen LogP) is 3.40. The van der Waals surface area contributed by atoms with E-state index >= 15 is 0 Å². The second-order valence-electron chi connectivity index (χ2n) is 4.78. The van der Waals surface area contributed by atoms with Gasteiger partial charge >= 0.3 is 0 Å². The van der Waals surface area contributed by atoms with E-state index in [2.05, 4.69) is 31.7 Å². The maximum atomic E-state index is 13.1. The Kier molecular flexibility index (Phi) is 4.10. The molecule has 0 saturated carbocycles. The fourth-order valence-electron chi connectivity index (χ4n) is 2.05. The summed E-state index contributed by atoms with van der Waals surface area (Å²) < 4.78 is 19.3. The van der Waals surface area contributed by atoms with Crippen molar-refractivity contribution in [2.75, 3.05) is 5.32 Å². The fourth-order valence-corrected chi connectivity index (χ4v) is 2.64. The number of nitrogens with one attached hydrogen (secondary N) is 1. The third-order valence-corrected chi connectivity index (χ3v) is 3.65. The Morgan fingerprint density at radius 1 is 1.32 bits per heavy atom. The highest BCUT2D eigenvalue weighted by atomic mass is 32.1. The minimum atomic E-state index is -0.536. The third kappa shape index (κ3) is 3.11. The number of halogens is 1. The van der Waals surface area contributed by atoms with Crippen LogP contribution in [0.3, 0.4) is 0 Å². The van der Waals surface area contributed by atoms with E-state index < -0.39 is 5.95 Å². The highest BCUT2D eigenvalue weighted by Crippen LogP contribution is 2.25. The molecular weight excluding hydrogens is 303 g/mol. The first kappa shape index (κ1) is 14.6. The Hall–Kier alpha value is -2.35. The van der Waals surface area contributed by atoms with Crippen LogP contribution >= 0.6 is 11.5 Å². The van der Waals surface area contributed by atoms with Gasteiger partial charge in [0.2, 0.25) is 11.1 Å². The molecule has 3 heterocycles. The standard InChI is InChI=1S/C14H15FN6S/c1-3-7-21-8-10(9(2)19-21)13-18-14(22-20-13)17-12-6-4-5-11(15)16-12/h4-6,8H,3,7H2,1-2H3,(H,16,17,18,20). The number of hydrogen-bond donors (Lipinski definition) is 1. The first-order valence-corrected chi connectivity index (χ1v) is 7.70. The molecule has 3 aromatic rings. The molecule has 0 bridgehead atoms. The number of rotatable bonds is 5. The molecule has 3 aromatic heterocycles. The van der Waals surface area contributed by atoms with Gasteiger partial charge in [0.15, 0.2) is 5.82 Å². The van der Waals surface area contributed by atoms with E-state index in [4.69, 9.17) is 0 Å². The minimum absolute atomic E-state index is 0.404. The van der Waals surface area contributed by atoms with Crippen molar-refractivity contribution < 1.29 is 4.39 Å². The lowest BCUT2D eigenvalue weighted by Crippen LogP contribution is -1.96. The van der Waals surface area contributed by atoms with Gasteiger partial charge < -0.3 is 5.32 Å². The predicted molar refractivity (Wildman–Crippen MR) is 83.6 cm³/mol. The summed E-state index contributed by atoms with van der Waals surface area (Å²) in [4.78, 5) is 8.16. The van der Waals surface area contributed by atoms with E-state index in [-0.39, 0.29) is 0 Å². The largest absolute Gasteiger partial charge is 0.315 e. The molecule has 0 atom stereocenters. The zero-order chi connectivity index (χ0) is 15.5. The molecule has 0 unspecified atom stereocenters. The Morgan fingerprint density at radius 2 is 2.18 bits per heavy atom. The fraction of sp³-hybridized carbons (Fsp3) is 0.286. The summed E-state index contributed by atoms with van der Waals surface area (Å²) in [6.07, 6.45) is 2.97. The molecule has 114 valence electrons. The van der Waals surface area contributed by atoms with E-state index in [1.807, 2.05) is 17.8 Å². The molecule has 0 spiro atoms. The first-order valence-electron chi connectivity index (χ1n) is 6.93. The lowest BCUT2D eigenvalue weighted by atomic mass is 10.2. The number of nitrogens with zero attached hydrogens (tertiary/aromatic N) is 5. The van der Waals surface area contributed by atoms with E-state index in [0.29, 0.717) is 16.8 Å². The van der Waals surface area contributed by atoms with E-state index in [1.165, 1.54) is 17.6 Å². The van der Waals surface area contributed by atoms with E-state index in [1.54, 1.807) is 12.1 Å². The molecule has 1 N–H and O–H groups in total. The van der Waals surface area contributed by atoms with Crippen LogP contribution < -0.4 is 5.32 Å². The quantitative estimate of drug-likeness (QED) is 0.730. The van der Waals surface area contributed by atoms with Gasteiger partial charge in [-0.2, -0.15) is 18.8 Å². The van der Waals surface area contributed by atoms with Gasteiger partial charge in [-0.05, 0) is 25.5 Å². The normalized spacial score (nSPS) is 10.9. The topological polar surface area (TPSA) is 68.5 Å². The van der Waals surface area contributed by atoms with Gasteiger partial charge in [-0.25, -0.2) is 4.98 Å². The number of pyridine rings is 1. The Bertz CT molecular complexity index is 781. The van der Waals surface area contributed by atoms with Crippen LogP contribution in [0.2, 0.25) is 0 Å². The lowest BCUT2D eigenvalue weighted by molar-refractivity contribution is 0.585. The highest BCUT2D eigenvalue weighted by molar-refractivity contribution is 7.09. The molecule has 0 saturated heterocycles. The molecule has 0 aromatic carbocycles. The van der Waals surface area contributed by atoms with Crippen molar-refractivity contribution in [1.29, 1.82) is 0 Å². The molecule has 22 heavy (non-hydrogen) atoms. The summed E-state index contributed by atoms with van der Waals surface area (Å²) in [5, 5.41) is 7.96. The average molecular weight is 318 g/mol. The second-order valence-corrected chi connectivity index (χ2v) is 5.54. The van der Waals surface area contributed by atoms with Crippen molar-refractivity contribution in [1.82, 2.24) is 24.1 Å². The molecule has 3 rings (SSSR count). The van der Waals surface area contributed by atoms with Crippen LogP contribution in [0, 0.1) is 12.9 Å². The van der Waals surface area contributed by atoms with Gasteiger partial charge in [-0.15, -0.1) is 0 Å². The minimum Gasteiger partial charge on any atom is -0.315 e. The number of aromatic nitrogens is 5. The molecule has 0 radical (unpaired) electrons. The zero-order valence-corrected chi connectivity index (χ0v) is 13.1. The van der Waals surface area contributed by atoms with Crippen molar-refractivity contribution in [2.24, 2.45) is 0 Å². The number of hydrogen-bond acceptors (Lipinski definition) is 6. The van der Waals surface area contributed by atoms with Crippen LogP contribution in [0.25, 0.3) is 11.4 Å². The maximum absolute atomic E-state index is 13.1. The average Bonchev–Trinajstić information content (AvgIpc) is 3.06. The van der Waals surface area contributed by atoms with Crippen molar-refractivity contribution >= 4 is 22.5 Å². The SMILES string of the molecule is CCCn1cc(-c2nsc(Nc3cccc(F)n3)n2)c(C)n1.